The fraction of sp³-hybridized carbons (Fsp3) is 0.579. The second-order valence-electron chi connectivity index (χ2n) is 6.18. The summed E-state index contributed by atoms with van der Waals surface area (Å²) in [6, 6.07) is 5.89. The van der Waals surface area contributed by atoms with Crippen molar-refractivity contribution in [1.29, 1.82) is 0 Å². The Hall–Kier alpha value is -1.55. The molecule has 0 amide bonds. The molecule has 2 aromatic rings. The Kier molecular flexibility index (Phi) is 11.8. The van der Waals surface area contributed by atoms with Gasteiger partial charge in [-0.2, -0.15) is 5.10 Å². The Morgan fingerprint density at radius 2 is 2.15 bits per heavy atom. The number of nitrogens with one attached hydrogen (secondary N) is 2. The molecule has 0 aromatic carbocycles. The normalized spacial score (nSPS) is 11.3. The average Bonchev–Trinajstić information content (AvgIpc) is 3.24. The van der Waals surface area contributed by atoms with E-state index in [1.54, 1.807) is 6.26 Å². The number of nitrogens with zero attached hydrogens (tertiary/aromatic N) is 3. The Bertz CT molecular complexity index is 655. The zero-order chi connectivity index (χ0) is 18.6. The van der Waals surface area contributed by atoms with Gasteiger partial charge in [-0.15, -0.1) is 24.0 Å². The largest absolute Gasteiger partial charge is 0.467 e. The van der Waals surface area contributed by atoms with Gasteiger partial charge in [-0.05, 0) is 51.8 Å². The molecule has 0 aliphatic carbocycles. The molecule has 7 nitrogen and oxygen atoms in total. The molecule has 0 saturated heterocycles. The first-order valence-electron chi connectivity index (χ1n) is 9.32. The van der Waals surface area contributed by atoms with Crippen LogP contribution in [0.15, 0.2) is 33.9 Å². The monoisotopic (exact) mass is 489 g/mol. The Balaban J connectivity index is 0.00000364. The molecule has 8 heteroatoms. The van der Waals surface area contributed by atoms with Crippen molar-refractivity contribution in [1.82, 2.24) is 20.4 Å². The minimum absolute atomic E-state index is 0. The fourth-order valence-corrected chi connectivity index (χ4v) is 2.60. The van der Waals surface area contributed by atoms with Crippen LogP contribution in [-0.2, 0) is 17.9 Å². The summed E-state index contributed by atoms with van der Waals surface area (Å²) in [5.74, 6) is 1.71. The van der Waals surface area contributed by atoms with Gasteiger partial charge in [0.25, 0.3) is 0 Å². The van der Waals surface area contributed by atoms with Crippen LogP contribution < -0.4 is 10.6 Å². The van der Waals surface area contributed by atoms with Crippen LogP contribution in [0.3, 0.4) is 0 Å². The molecule has 2 aromatic heterocycles. The number of halogens is 1. The van der Waals surface area contributed by atoms with Gasteiger partial charge in [0.1, 0.15) is 12.4 Å². The molecule has 0 aliphatic heterocycles. The van der Waals surface area contributed by atoms with E-state index in [4.69, 9.17) is 9.15 Å². The van der Waals surface area contributed by atoms with Crippen LogP contribution in [0.25, 0.3) is 0 Å². The summed E-state index contributed by atoms with van der Waals surface area (Å²) < 4.78 is 12.8. The van der Waals surface area contributed by atoms with Crippen molar-refractivity contribution in [2.24, 2.45) is 4.99 Å². The third kappa shape index (κ3) is 9.28. The van der Waals surface area contributed by atoms with Crippen molar-refractivity contribution < 1.29 is 9.15 Å². The molecule has 0 radical (unpaired) electrons. The maximum atomic E-state index is 5.58. The highest BCUT2D eigenvalue weighted by atomic mass is 127. The summed E-state index contributed by atoms with van der Waals surface area (Å²) in [7, 11) is 0. The van der Waals surface area contributed by atoms with Crippen molar-refractivity contribution >= 4 is 29.9 Å². The van der Waals surface area contributed by atoms with Crippen LogP contribution in [0.1, 0.15) is 36.9 Å². The van der Waals surface area contributed by atoms with Crippen LogP contribution in [0.4, 0.5) is 0 Å². The zero-order valence-electron chi connectivity index (χ0n) is 16.5. The van der Waals surface area contributed by atoms with Gasteiger partial charge >= 0.3 is 0 Å². The van der Waals surface area contributed by atoms with Gasteiger partial charge in [0.05, 0.1) is 12.0 Å². The van der Waals surface area contributed by atoms with Crippen LogP contribution in [-0.4, -0.2) is 42.0 Å². The van der Waals surface area contributed by atoms with Crippen molar-refractivity contribution in [3.63, 3.8) is 0 Å². The van der Waals surface area contributed by atoms with Crippen molar-refractivity contribution in [2.45, 2.75) is 46.8 Å². The van der Waals surface area contributed by atoms with Crippen LogP contribution in [0.2, 0.25) is 0 Å². The van der Waals surface area contributed by atoms with E-state index in [9.17, 15) is 0 Å². The second kappa shape index (κ2) is 13.6. The highest BCUT2D eigenvalue weighted by Gasteiger charge is 2.01. The number of aryl methyl sites for hydroxylation is 3. The van der Waals surface area contributed by atoms with E-state index in [-0.39, 0.29) is 24.0 Å². The van der Waals surface area contributed by atoms with Crippen LogP contribution in [0.5, 0.6) is 0 Å². The number of aliphatic imine (C=N–C) groups is 1. The Labute approximate surface area is 179 Å². The number of aromatic nitrogens is 2. The minimum atomic E-state index is 0. The molecule has 0 spiro atoms. The predicted octanol–water partition coefficient (Wildman–Crippen LogP) is 3.26. The van der Waals surface area contributed by atoms with E-state index in [0.717, 1.165) is 56.4 Å². The molecular formula is C19H32IN5O2. The Morgan fingerprint density at radius 1 is 1.30 bits per heavy atom. The lowest BCUT2D eigenvalue weighted by molar-refractivity contribution is 0.105. The quantitative estimate of drug-likeness (QED) is 0.219. The number of guanidine groups is 1. The first-order chi connectivity index (χ1) is 12.7. The van der Waals surface area contributed by atoms with E-state index in [1.807, 2.05) is 23.7 Å². The maximum Gasteiger partial charge on any atom is 0.191 e. The molecule has 0 saturated carbocycles. The summed E-state index contributed by atoms with van der Waals surface area (Å²) >= 11 is 0. The molecule has 0 aliphatic rings. The number of rotatable bonds is 11. The molecule has 2 rings (SSSR count). The zero-order valence-corrected chi connectivity index (χ0v) is 18.9. The van der Waals surface area contributed by atoms with Crippen molar-refractivity contribution in [3.8, 4) is 0 Å². The van der Waals surface area contributed by atoms with Crippen molar-refractivity contribution in [2.75, 3.05) is 26.2 Å². The summed E-state index contributed by atoms with van der Waals surface area (Å²) in [4.78, 5) is 4.62. The SMILES string of the molecule is CCNC(=NCCCn1nc(C)cc1C)NCCCOCc1ccco1.I. The molecule has 2 heterocycles. The number of ether oxygens (including phenoxy) is 1. The van der Waals surface area contributed by atoms with E-state index in [1.165, 1.54) is 5.69 Å². The lowest BCUT2D eigenvalue weighted by Crippen LogP contribution is -2.38. The van der Waals surface area contributed by atoms with E-state index >= 15 is 0 Å². The predicted molar refractivity (Wildman–Crippen MR) is 119 cm³/mol. The second-order valence-corrected chi connectivity index (χ2v) is 6.18. The molecule has 152 valence electrons. The first kappa shape index (κ1) is 23.5. The molecule has 27 heavy (non-hydrogen) atoms. The lowest BCUT2D eigenvalue weighted by Gasteiger charge is -2.11. The molecule has 0 bridgehead atoms. The average molecular weight is 489 g/mol. The number of hydrogen-bond donors (Lipinski definition) is 2. The molecule has 2 N–H and O–H groups in total. The van der Waals surface area contributed by atoms with Crippen LogP contribution in [0, 0.1) is 13.8 Å². The smallest absolute Gasteiger partial charge is 0.191 e. The van der Waals surface area contributed by atoms with Gasteiger partial charge in [-0.25, -0.2) is 0 Å². The van der Waals surface area contributed by atoms with Crippen LogP contribution >= 0.6 is 24.0 Å². The molecular weight excluding hydrogens is 457 g/mol. The van der Waals surface area contributed by atoms with Gasteiger partial charge in [-0.3, -0.25) is 9.67 Å². The number of hydrogen-bond acceptors (Lipinski definition) is 4. The van der Waals surface area contributed by atoms with Gasteiger partial charge < -0.3 is 19.8 Å². The molecule has 0 fully saturated rings. The first-order valence-corrected chi connectivity index (χ1v) is 9.32. The summed E-state index contributed by atoms with van der Waals surface area (Å²) in [6.07, 6.45) is 3.54. The summed E-state index contributed by atoms with van der Waals surface area (Å²) in [6.45, 7) is 10.7. The summed E-state index contributed by atoms with van der Waals surface area (Å²) in [5.41, 5.74) is 2.27. The third-order valence-corrected chi connectivity index (χ3v) is 3.83. The number of furan rings is 1. The lowest BCUT2D eigenvalue weighted by atomic mass is 10.4. The molecule has 0 unspecified atom stereocenters. The highest BCUT2D eigenvalue weighted by molar-refractivity contribution is 14.0. The van der Waals surface area contributed by atoms with Gasteiger partial charge in [0.2, 0.25) is 0 Å². The van der Waals surface area contributed by atoms with Gasteiger partial charge in [0.15, 0.2) is 5.96 Å². The topological polar surface area (TPSA) is 76.6 Å². The standard InChI is InChI=1S/C19H31N5O2.HI/c1-4-20-19(21-9-6-11-24-17(3)14-16(2)23-24)22-10-7-12-25-15-18-8-5-13-26-18;/h5,8,13-14H,4,6-7,9-12,15H2,1-3H3,(H2,20,21,22);1H. The van der Waals surface area contributed by atoms with E-state index in [2.05, 4.69) is 40.6 Å². The van der Waals surface area contributed by atoms with Gasteiger partial charge in [0, 0.05) is 38.5 Å². The minimum Gasteiger partial charge on any atom is -0.467 e. The third-order valence-electron chi connectivity index (χ3n) is 3.83. The maximum absolute atomic E-state index is 5.58. The highest BCUT2D eigenvalue weighted by Crippen LogP contribution is 2.03. The van der Waals surface area contributed by atoms with E-state index in [0.29, 0.717) is 13.2 Å². The Morgan fingerprint density at radius 3 is 2.81 bits per heavy atom. The van der Waals surface area contributed by atoms with Crippen molar-refractivity contribution in [3.05, 3.63) is 41.6 Å². The van der Waals surface area contributed by atoms with Gasteiger partial charge in [-0.1, -0.05) is 0 Å². The summed E-state index contributed by atoms with van der Waals surface area (Å²) in [5, 5.41) is 11.1. The fourth-order valence-electron chi connectivity index (χ4n) is 2.60. The molecule has 0 atom stereocenters. The van der Waals surface area contributed by atoms with E-state index < -0.39 is 0 Å².